The first kappa shape index (κ1) is 18.3. The van der Waals surface area contributed by atoms with E-state index in [9.17, 15) is 4.79 Å². The van der Waals surface area contributed by atoms with Gasteiger partial charge in [0, 0.05) is 16.3 Å². The van der Waals surface area contributed by atoms with Crippen LogP contribution < -0.4 is 10.4 Å². The van der Waals surface area contributed by atoms with Gasteiger partial charge in [-0.05, 0) is 49.4 Å². The molecule has 0 saturated carbocycles. The molecule has 7 heteroatoms. The van der Waals surface area contributed by atoms with E-state index in [2.05, 4.69) is 5.10 Å². The lowest BCUT2D eigenvalue weighted by atomic mass is 10.1. The van der Waals surface area contributed by atoms with Crippen molar-refractivity contribution in [2.24, 2.45) is 0 Å². The summed E-state index contributed by atoms with van der Waals surface area (Å²) in [4.78, 5) is 17.4. The van der Waals surface area contributed by atoms with E-state index < -0.39 is 5.63 Å². The topological polar surface area (TPSA) is 70.2 Å². The van der Waals surface area contributed by atoms with E-state index in [1.54, 1.807) is 17.9 Å². The van der Waals surface area contributed by atoms with Crippen LogP contribution >= 0.6 is 11.3 Å². The van der Waals surface area contributed by atoms with Crippen molar-refractivity contribution in [1.82, 2.24) is 14.8 Å². The zero-order valence-electron chi connectivity index (χ0n) is 16.3. The van der Waals surface area contributed by atoms with E-state index in [0.717, 1.165) is 28.1 Å². The van der Waals surface area contributed by atoms with Crippen molar-refractivity contribution in [2.45, 2.75) is 6.92 Å². The zero-order valence-corrected chi connectivity index (χ0v) is 17.1. The molecule has 0 spiro atoms. The lowest BCUT2D eigenvalue weighted by molar-refractivity contribution is 0.415. The molecule has 0 atom stereocenters. The van der Waals surface area contributed by atoms with Gasteiger partial charge in [0.2, 0.25) is 5.13 Å². The van der Waals surface area contributed by atoms with E-state index in [0.29, 0.717) is 22.0 Å². The Morgan fingerprint density at radius 2 is 1.87 bits per heavy atom. The van der Waals surface area contributed by atoms with Crippen molar-refractivity contribution in [1.29, 1.82) is 0 Å². The van der Waals surface area contributed by atoms with Gasteiger partial charge < -0.3 is 9.15 Å². The highest BCUT2D eigenvalue weighted by molar-refractivity contribution is 7.12. The molecule has 3 heterocycles. The number of ether oxygens (including phenoxy) is 1. The minimum Gasteiger partial charge on any atom is -0.497 e. The molecular weight excluding hydrogens is 398 g/mol. The van der Waals surface area contributed by atoms with Crippen LogP contribution in [0.5, 0.6) is 5.75 Å². The lowest BCUT2D eigenvalue weighted by Gasteiger charge is -2.05. The molecule has 0 N–H and O–H groups in total. The Balaban J connectivity index is 1.60. The Labute approximate surface area is 176 Å². The number of methoxy groups -OCH3 is 1. The first-order valence-corrected chi connectivity index (χ1v) is 10.2. The molecule has 5 rings (SSSR count). The summed E-state index contributed by atoms with van der Waals surface area (Å²) in [5, 5.41) is 8.08. The first-order valence-electron chi connectivity index (χ1n) is 9.32. The van der Waals surface area contributed by atoms with Crippen molar-refractivity contribution >= 4 is 22.3 Å². The highest BCUT2D eigenvalue weighted by atomic mass is 32.1. The normalized spacial score (nSPS) is 11.1. The fourth-order valence-corrected chi connectivity index (χ4v) is 4.13. The summed E-state index contributed by atoms with van der Waals surface area (Å²) in [6.07, 6.45) is 0. The van der Waals surface area contributed by atoms with Crippen LogP contribution in [0.1, 0.15) is 5.69 Å². The molecule has 0 fully saturated rings. The predicted molar refractivity (Wildman–Crippen MR) is 117 cm³/mol. The van der Waals surface area contributed by atoms with Crippen LogP contribution in [0.3, 0.4) is 0 Å². The summed E-state index contributed by atoms with van der Waals surface area (Å²) in [7, 11) is 1.64. The van der Waals surface area contributed by atoms with Gasteiger partial charge in [-0.15, -0.1) is 11.3 Å². The van der Waals surface area contributed by atoms with E-state index in [4.69, 9.17) is 14.1 Å². The van der Waals surface area contributed by atoms with Gasteiger partial charge in [0.05, 0.1) is 29.8 Å². The van der Waals surface area contributed by atoms with Gasteiger partial charge in [-0.1, -0.05) is 18.2 Å². The van der Waals surface area contributed by atoms with Gasteiger partial charge >= 0.3 is 5.63 Å². The molecule has 30 heavy (non-hydrogen) atoms. The Kier molecular flexibility index (Phi) is 4.44. The molecule has 0 aliphatic carbocycles. The Morgan fingerprint density at radius 1 is 1.07 bits per heavy atom. The molecule has 0 saturated heterocycles. The number of nitrogens with zero attached hydrogens (tertiary/aromatic N) is 3. The second-order valence-corrected chi connectivity index (χ2v) is 7.65. The maximum absolute atomic E-state index is 12.7. The molecule has 0 bridgehead atoms. The predicted octanol–water partition coefficient (Wildman–Crippen LogP) is 5.09. The van der Waals surface area contributed by atoms with Gasteiger partial charge in [-0.3, -0.25) is 0 Å². The molecule has 2 aromatic carbocycles. The van der Waals surface area contributed by atoms with Crippen LogP contribution in [-0.4, -0.2) is 21.9 Å². The number of rotatable bonds is 4. The minimum atomic E-state index is -0.401. The monoisotopic (exact) mass is 415 g/mol. The van der Waals surface area contributed by atoms with Gasteiger partial charge in [0.15, 0.2) is 0 Å². The molecule has 0 unspecified atom stereocenters. The number of fused-ring (bicyclic) bond motifs is 1. The highest BCUT2D eigenvalue weighted by Gasteiger charge is 2.17. The van der Waals surface area contributed by atoms with Crippen molar-refractivity contribution in [3.8, 4) is 33.4 Å². The van der Waals surface area contributed by atoms with E-state index in [1.165, 1.54) is 11.3 Å². The van der Waals surface area contributed by atoms with E-state index in [1.807, 2.05) is 66.9 Å². The summed E-state index contributed by atoms with van der Waals surface area (Å²) in [5.41, 5.74) is 3.87. The van der Waals surface area contributed by atoms with Crippen molar-refractivity contribution in [2.75, 3.05) is 7.11 Å². The molecule has 0 aliphatic heterocycles. The summed E-state index contributed by atoms with van der Waals surface area (Å²) in [6.45, 7) is 1.89. The summed E-state index contributed by atoms with van der Waals surface area (Å²) in [5.74, 6) is 0.794. The second-order valence-electron chi connectivity index (χ2n) is 6.81. The second kappa shape index (κ2) is 7.27. The van der Waals surface area contributed by atoms with Crippen LogP contribution in [0.2, 0.25) is 0 Å². The molecule has 0 amide bonds. The van der Waals surface area contributed by atoms with Crippen LogP contribution in [0.25, 0.3) is 38.6 Å². The average molecular weight is 415 g/mol. The average Bonchev–Trinajstić information content (AvgIpc) is 3.40. The quantitative estimate of drug-likeness (QED) is 0.383. The number of benzene rings is 2. The van der Waals surface area contributed by atoms with Crippen molar-refractivity contribution in [3.05, 3.63) is 82.2 Å². The third-order valence-corrected chi connectivity index (χ3v) is 5.62. The van der Waals surface area contributed by atoms with Crippen molar-refractivity contribution < 1.29 is 9.15 Å². The fourth-order valence-electron chi connectivity index (χ4n) is 3.33. The van der Waals surface area contributed by atoms with Crippen LogP contribution in [0.15, 0.2) is 75.3 Å². The maximum atomic E-state index is 12.7. The third-order valence-electron chi connectivity index (χ3n) is 4.81. The van der Waals surface area contributed by atoms with E-state index in [-0.39, 0.29) is 0 Å². The van der Waals surface area contributed by atoms with Gasteiger partial charge in [0.25, 0.3) is 0 Å². The van der Waals surface area contributed by atoms with Crippen molar-refractivity contribution in [3.63, 3.8) is 0 Å². The smallest absolute Gasteiger partial charge is 0.345 e. The maximum Gasteiger partial charge on any atom is 0.345 e. The Morgan fingerprint density at radius 3 is 2.67 bits per heavy atom. The van der Waals surface area contributed by atoms with Crippen LogP contribution in [0, 0.1) is 6.92 Å². The molecule has 6 nitrogen and oxygen atoms in total. The van der Waals surface area contributed by atoms with E-state index >= 15 is 0 Å². The number of thiazole rings is 1. The fraction of sp³-hybridized carbons (Fsp3) is 0.0870. The highest BCUT2D eigenvalue weighted by Crippen LogP contribution is 2.29. The molecule has 0 aliphatic rings. The molecule has 3 aromatic heterocycles. The summed E-state index contributed by atoms with van der Waals surface area (Å²) < 4.78 is 12.4. The molecular formula is C23H17N3O3S. The SMILES string of the molecule is COc1ccc(-c2csc(-n3nc(C)cc3-c3cc4ccccc4oc3=O)n2)cc1. The summed E-state index contributed by atoms with van der Waals surface area (Å²) >= 11 is 1.46. The van der Waals surface area contributed by atoms with Gasteiger partial charge in [-0.25, -0.2) is 14.5 Å². The standard InChI is InChI=1S/C23H17N3O3S/c1-14-11-20(18-12-16-5-3-4-6-21(16)29-22(18)27)26(25-14)23-24-19(13-30-23)15-7-9-17(28-2)10-8-15/h3-13H,1-2H3. The molecule has 148 valence electrons. The Bertz CT molecular complexity index is 1410. The first-order chi connectivity index (χ1) is 14.6. The van der Waals surface area contributed by atoms with Crippen LogP contribution in [-0.2, 0) is 0 Å². The number of aryl methyl sites for hydroxylation is 1. The number of para-hydroxylation sites is 1. The van der Waals surface area contributed by atoms with Crippen LogP contribution in [0.4, 0.5) is 0 Å². The largest absolute Gasteiger partial charge is 0.497 e. The van der Waals surface area contributed by atoms with Gasteiger partial charge in [-0.2, -0.15) is 5.10 Å². The lowest BCUT2D eigenvalue weighted by Crippen LogP contribution is -2.07. The Hall–Kier alpha value is -3.71. The van der Waals surface area contributed by atoms with Gasteiger partial charge in [0.1, 0.15) is 11.3 Å². The molecule has 5 aromatic rings. The minimum absolute atomic E-state index is 0.401. The zero-order chi connectivity index (χ0) is 20.7. The number of aromatic nitrogens is 3. The summed E-state index contributed by atoms with van der Waals surface area (Å²) in [6, 6.07) is 18.9. The third kappa shape index (κ3) is 3.19. The number of hydrogen-bond donors (Lipinski definition) is 0. The molecule has 0 radical (unpaired) electrons. The number of hydrogen-bond acceptors (Lipinski definition) is 6.